The molecular formula is C24H25ClN4O2. The largest absolute Gasteiger partial charge is 0.484 e. The molecule has 1 amide bonds. The summed E-state index contributed by atoms with van der Waals surface area (Å²) in [6.45, 7) is 6.74. The quantitative estimate of drug-likeness (QED) is 0.601. The van der Waals surface area contributed by atoms with Crippen molar-refractivity contribution in [3.63, 3.8) is 0 Å². The Balaban J connectivity index is 1.31. The first kappa shape index (κ1) is 21.1. The summed E-state index contributed by atoms with van der Waals surface area (Å²) in [5.41, 5.74) is 3.82. The Bertz CT molecular complexity index is 1060. The van der Waals surface area contributed by atoms with Crippen molar-refractivity contribution in [2.45, 2.75) is 13.8 Å². The zero-order chi connectivity index (χ0) is 21.8. The Hall–Kier alpha value is -3.12. The second-order valence-corrected chi connectivity index (χ2v) is 8.09. The summed E-state index contributed by atoms with van der Waals surface area (Å²) in [6, 6.07) is 17.4. The molecule has 1 aliphatic rings. The second kappa shape index (κ2) is 9.35. The number of anilines is 1. The third kappa shape index (κ3) is 4.97. The topological polar surface area (TPSA) is 58.6 Å². The van der Waals surface area contributed by atoms with Gasteiger partial charge < -0.3 is 14.5 Å². The van der Waals surface area contributed by atoms with Gasteiger partial charge in [-0.25, -0.2) is 0 Å². The molecular weight excluding hydrogens is 412 g/mol. The van der Waals surface area contributed by atoms with Crippen molar-refractivity contribution >= 4 is 23.3 Å². The van der Waals surface area contributed by atoms with Crippen LogP contribution in [0.5, 0.6) is 5.75 Å². The van der Waals surface area contributed by atoms with Crippen LogP contribution in [0.25, 0.3) is 11.3 Å². The SMILES string of the molecule is Cc1ccc(OCC(=O)N2CCN(c3ccc(-c4ccccc4Cl)nn3)CC2)c(C)c1. The summed E-state index contributed by atoms with van der Waals surface area (Å²) >= 11 is 6.25. The van der Waals surface area contributed by atoms with Gasteiger partial charge in [-0.3, -0.25) is 4.79 Å². The summed E-state index contributed by atoms with van der Waals surface area (Å²) < 4.78 is 5.75. The van der Waals surface area contributed by atoms with Gasteiger partial charge in [-0.2, -0.15) is 0 Å². The van der Waals surface area contributed by atoms with Gasteiger partial charge >= 0.3 is 0 Å². The van der Waals surface area contributed by atoms with E-state index in [0.29, 0.717) is 31.2 Å². The van der Waals surface area contributed by atoms with Crippen molar-refractivity contribution in [3.8, 4) is 17.0 Å². The molecule has 7 heteroatoms. The van der Waals surface area contributed by atoms with Gasteiger partial charge in [0.05, 0.1) is 10.7 Å². The number of benzene rings is 2. The standard InChI is InChI=1S/C24H25ClN4O2/c1-17-7-9-22(18(2)15-17)31-16-24(30)29-13-11-28(12-14-29)23-10-8-21(26-27-23)19-5-3-4-6-20(19)25/h3-10,15H,11-14,16H2,1-2H3. The molecule has 0 radical (unpaired) electrons. The molecule has 0 atom stereocenters. The number of hydrogen-bond acceptors (Lipinski definition) is 5. The van der Waals surface area contributed by atoms with E-state index < -0.39 is 0 Å². The summed E-state index contributed by atoms with van der Waals surface area (Å²) in [5, 5.41) is 9.36. The Morgan fingerprint density at radius 3 is 2.45 bits per heavy atom. The average molecular weight is 437 g/mol. The Kier molecular flexibility index (Phi) is 6.37. The lowest BCUT2D eigenvalue weighted by molar-refractivity contribution is -0.133. The first-order chi connectivity index (χ1) is 15.0. The van der Waals surface area contributed by atoms with E-state index in [4.69, 9.17) is 16.3 Å². The van der Waals surface area contributed by atoms with E-state index in [2.05, 4.69) is 21.2 Å². The molecule has 4 rings (SSSR count). The lowest BCUT2D eigenvalue weighted by Gasteiger charge is -2.35. The van der Waals surface area contributed by atoms with E-state index in [9.17, 15) is 4.79 Å². The number of carbonyl (C=O) groups excluding carboxylic acids is 1. The number of nitrogens with zero attached hydrogens (tertiary/aromatic N) is 4. The van der Waals surface area contributed by atoms with Crippen LogP contribution in [0.1, 0.15) is 11.1 Å². The van der Waals surface area contributed by atoms with E-state index in [-0.39, 0.29) is 12.5 Å². The van der Waals surface area contributed by atoms with Crippen molar-refractivity contribution in [1.82, 2.24) is 15.1 Å². The van der Waals surface area contributed by atoms with E-state index in [1.807, 2.05) is 67.3 Å². The molecule has 1 saturated heterocycles. The maximum atomic E-state index is 12.6. The first-order valence-electron chi connectivity index (χ1n) is 10.3. The van der Waals surface area contributed by atoms with Crippen molar-refractivity contribution in [1.29, 1.82) is 0 Å². The summed E-state index contributed by atoms with van der Waals surface area (Å²) in [4.78, 5) is 16.5. The summed E-state index contributed by atoms with van der Waals surface area (Å²) in [5.74, 6) is 1.56. The van der Waals surface area contributed by atoms with Gasteiger partial charge in [0.1, 0.15) is 5.75 Å². The minimum Gasteiger partial charge on any atom is -0.484 e. The van der Waals surface area contributed by atoms with E-state index in [0.717, 1.165) is 28.4 Å². The molecule has 3 aromatic rings. The molecule has 0 saturated carbocycles. The van der Waals surface area contributed by atoms with Crippen molar-refractivity contribution < 1.29 is 9.53 Å². The van der Waals surface area contributed by atoms with E-state index >= 15 is 0 Å². The molecule has 0 N–H and O–H groups in total. The number of carbonyl (C=O) groups is 1. The Morgan fingerprint density at radius 1 is 1.00 bits per heavy atom. The van der Waals surface area contributed by atoms with Crippen molar-refractivity contribution in [3.05, 3.63) is 70.7 Å². The van der Waals surface area contributed by atoms with Gasteiger partial charge in [0, 0.05) is 31.7 Å². The number of aromatic nitrogens is 2. The van der Waals surface area contributed by atoms with Crippen LogP contribution >= 0.6 is 11.6 Å². The number of halogens is 1. The molecule has 1 fully saturated rings. The van der Waals surface area contributed by atoms with Gasteiger partial charge in [0.2, 0.25) is 0 Å². The van der Waals surface area contributed by atoms with Crippen LogP contribution in [0.2, 0.25) is 5.02 Å². The average Bonchev–Trinajstić information content (AvgIpc) is 2.79. The molecule has 1 aliphatic heterocycles. The molecule has 0 bridgehead atoms. The van der Waals surface area contributed by atoms with Gasteiger partial charge in [-0.05, 0) is 43.7 Å². The molecule has 6 nitrogen and oxygen atoms in total. The van der Waals surface area contributed by atoms with Crippen LogP contribution in [0, 0.1) is 13.8 Å². The van der Waals surface area contributed by atoms with Crippen LogP contribution in [0.15, 0.2) is 54.6 Å². The van der Waals surface area contributed by atoms with Gasteiger partial charge in [-0.1, -0.05) is 47.5 Å². The number of rotatable bonds is 5. The smallest absolute Gasteiger partial charge is 0.260 e. The summed E-state index contributed by atoms with van der Waals surface area (Å²) in [7, 11) is 0. The van der Waals surface area contributed by atoms with Crippen LogP contribution in [0.3, 0.4) is 0 Å². The molecule has 1 aromatic heterocycles. The fourth-order valence-electron chi connectivity index (χ4n) is 3.68. The zero-order valence-corrected chi connectivity index (χ0v) is 18.5. The highest BCUT2D eigenvalue weighted by molar-refractivity contribution is 6.33. The zero-order valence-electron chi connectivity index (χ0n) is 17.7. The lowest BCUT2D eigenvalue weighted by atomic mass is 10.1. The number of amides is 1. The molecule has 0 aliphatic carbocycles. The van der Waals surface area contributed by atoms with Crippen LogP contribution in [-0.4, -0.2) is 53.8 Å². The minimum absolute atomic E-state index is 0.000207. The molecule has 0 spiro atoms. The molecule has 31 heavy (non-hydrogen) atoms. The predicted molar refractivity (Wildman–Crippen MR) is 123 cm³/mol. The maximum Gasteiger partial charge on any atom is 0.260 e. The number of aryl methyl sites for hydroxylation is 2. The third-order valence-electron chi connectivity index (χ3n) is 5.44. The van der Waals surface area contributed by atoms with Crippen LogP contribution < -0.4 is 9.64 Å². The van der Waals surface area contributed by atoms with E-state index in [1.54, 1.807) is 0 Å². The lowest BCUT2D eigenvalue weighted by Crippen LogP contribution is -2.50. The Labute approximate surface area is 187 Å². The first-order valence-corrected chi connectivity index (χ1v) is 10.7. The fraction of sp³-hybridized carbons (Fsp3) is 0.292. The third-order valence-corrected chi connectivity index (χ3v) is 5.77. The normalized spacial score (nSPS) is 13.9. The number of ether oxygens (including phenoxy) is 1. The van der Waals surface area contributed by atoms with Crippen LogP contribution in [0.4, 0.5) is 5.82 Å². The molecule has 2 heterocycles. The fourth-order valence-corrected chi connectivity index (χ4v) is 3.92. The van der Waals surface area contributed by atoms with Crippen molar-refractivity contribution in [2.24, 2.45) is 0 Å². The van der Waals surface area contributed by atoms with Gasteiger partial charge in [0.15, 0.2) is 12.4 Å². The molecule has 160 valence electrons. The monoisotopic (exact) mass is 436 g/mol. The minimum atomic E-state index is -0.000207. The molecule has 2 aromatic carbocycles. The highest BCUT2D eigenvalue weighted by Crippen LogP contribution is 2.26. The van der Waals surface area contributed by atoms with Crippen LogP contribution in [-0.2, 0) is 4.79 Å². The maximum absolute atomic E-state index is 12.6. The van der Waals surface area contributed by atoms with Crippen molar-refractivity contribution in [2.75, 3.05) is 37.7 Å². The highest BCUT2D eigenvalue weighted by atomic mass is 35.5. The second-order valence-electron chi connectivity index (χ2n) is 7.68. The Morgan fingerprint density at radius 2 is 1.77 bits per heavy atom. The molecule has 0 unspecified atom stereocenters. The van der Waals surface area contributed by atoms with E-state index in [1.165, 1.54) is 5.56 Å². The number of piperazine rings is 1. The van der Waals surface area contributed by atoms with Gasteiger partial charge in [-0.15, -0.1) is 10.2 Å². The van der Waals surface area contributed by atoms with Gasteiger partial charge in [0.25, 0.3) is 5.91 Å². The predicted octanol–water partition coefficient (Wildman–Crippen LogP) is 4.14. The highest BCUT2D eigenvalue weighted by Gasteiger charge is 2.22. The number of hydrogen-bond donors (Lipinski definition) is 0. The summed E-state index contributed by atoms with van der Waals surface area (Å²) in [6.07, 6.45) is 0.